The standard InChI is InChI=1S/C55H39N3/c56-40-41-37-44(54-27-15-13-25-52(54)42-29-33-50(34-30-42)57(46-17-5-1-6-18-46)47-19-7-2-8-20-47)39-45(38-41)55-28-16-14-26-53(55)43-31-35-51(36-32-43)58(48-21-9-3-10-22-48)49-23-11-4-12-24-49/h1-39H. The van der Waals surface area contributed by atoms with Crippen molar-refractivity contribution in [3.05, 3.63) is 242 Å². The van der Waals surface area contributed by atoms with Gasteiger partial charge in [0.25, 0.3) is 0 Å². The smallest absolute Gasteiger partial charge is 0.0992 e. The molecule has 0 fully saturated rings. The summed E-state index contributed by atoms with van der Waals surface area (Å²) in [7, 11) is 0. The molecular formula is C55H39N3. The Kier molecular flexibility index (Phi) is 10.1. The quantitative estimate of drug-likeness (QED) is 0.140. The average molecular weight is 742 g/mol. The van der Waals surface area contributed by atoms with Crippen LogP contribution in [-0.2, 0) is 0 Å². The molecule has 274 valence electrons. The summed E-state index contributed by atoms with van der Waals surface area (Å²) in [5, 5.41) is 10.3. The van der Waals surface area contributed by atoms with Gasteiger partial charge in [0.2, 0.25) is 0 Å². The van der Waals surface area contributed by atoms with Crippen molar-refractivity contribution in [1.29, 1.82) is 5.26 Å². The van der Waals surface area contributed by atoms with Crippen molar-refractivity contribution in [3.8, 4) is 50.6 Å². The van der Waals surface area contributed by atoms with E-state index in [2.05, 4.69) is 216 Å². The van der Waals surface area contributed by atoms with Crippen LogP contribution in [0, 0.1) is 11.3 Å². The molecular weight excluding hydrogens is 703 g/mol. The van der Waals surface area contributed by atoms with Crippen molar-refractivity contribution in [2.45, 2.75) is 0 Å². The zero-order valence-electron chi connectivity index (χ0n) is 31.9. The van der Waals surface area contributed by atoms with Crippen LogP contribution in [-0.4, -0.2) is 0 Å². The van der Waals surface area contributed by atoms with Crippen molar-refractivity contribution in [2.75, 3.05) is 9.80 Å². The van der Waals surface area contributed by atoms with Crippen molar-refractivity contribution >= 4 is 34.1 Å². The van der Waals surface area contributed by atoms with E-state index in [9.17, 15) is 5.26 Å². The molecule has 0 aliphatic rings. The maximum absolute atomic E-state index is 10.3. The number of hydrogen-bond donors (Lipinski definition) is 0. The van der Waals surface area contributed by atoms with Gasteiger partial charge in [0.05, 0.1) is 11.6 Å². The van der Waals surface area contributed by atoms with E-state index in [-0.39, 0.29) is 0 Å². The Labute approximate surface area is 340 Å². The summed E-state index contributed by atoms with van der Waals surface area (Å²) in [6, 6.07) is 84.9. The summed E-state index contributed by atoms with van der Waals surface area (Å²) in [4.78, 5) is 4.54. The van der Waals surface area contributed by atoms with Crippen molar-refractivity contribution < 1.29 is 0 Å². The van der Waals surface area contributed by atoms with Gasteiger partial charge in [0, 0.05) is 34.1 Å². The van der Waals surface area contributed by atoms with Crippen molar-refractivity contribution in [2.24, 2.45) is 0 Å². The first-order valence-corrected chi connectivity index (χ1v) is 19.5. The fraction of sp³-hybridized carbons (Fsp3) is 0. The molecule has 0 spiro atoms. The first-order chi connectivity index (χ1) is 28.7. The molecule has 0 saturated carbocycles. The van der Waals surface area contributed by atoms with E-state index < -0.39 is 0 Å². The zero-order valence-corrected chi connectivity index (χ0v) is 31.9. The van der Waals surface area contributed by atoms with E-state index in [1.807, 2.05) is 36.4 Å². The first-order valence-electron chi connectivity index (χ1n) is 19.5. The van der Waals surface area contributed by atoms with Crippen LogP contribution < -0.4 is 9.80 Å². The van der Waals surface area contributed by atoms with Crippen molar-refractivity contribution in [1.82, 2.24) is 0 Å². The highest BCUT2D eigenvalue weighted by Gasteiger charge is 2.17. The van der Waals surface area contributed by atoms with E-state index >= 15 is 0 Å². The molecule has 0 aliphatic heterocycles. The fourth-order valence-electron chi connectivity index (χ4n) is 7.76. The molecule has 58 heavy (non-hydrogen) atoms. The molecule has 0 N–H and O–H groups in total. The number of para-hydroxylation sites is 4. The minimum absolute atomic E-state index is 0.616. The Morgan fingerprint density at radius 2 is 0.517 bits per heavy atom. The molecule has 0 heterocycles. The second-order valence-electron chi connectivity index (χ2n) is 14.1. The number of nitriles is 1. The zero-order chi connectivity index (χ0) is 39.1. The van der Waals surface area contributed by atoms with Gasteiger partial charge >= 0.3 is 0 Å². The van der Waals surface area contributed by atoms with Gasteiger partial charge in [0.15, 0.2) is 0 Å². The summed E-state index contributed by atoms with van der Waals surface area (Å²) in [5.41, 5.74) is 15.7. The Morgan fingerprint density at radius 1 is 0.259 bits per heavy atom. The number of nitrogens with zero attached hydrogens (tertiary/aromatic N) is 3. The number of rotatable bonds is 10. The van der Waals surface area contributed by atoms with Gasteiger partial charge in [-0.05, 0) is 136 Å². The molecule has 3 nitrogen and oxygen atoms in total. The monoisotopic (exact) mass is 741 g/mol. The molecule has 0 radical (unpaired) electrons. The van der Waals surface area contributed by atoms with Gasteiger partial charge in [-0.2, -0.15) is 5.26 Å². The van der Waals surface area contributed by atoms with Gasteiger partial charge in [-0.25, -0.2) is 0 Å². The lowest BCUT2D eigenvalue weighted by Crippen LogP contribution is -2.09. The average Bonchev–Trinajstić information content (AvgIpc) is 3.31. The van der Waals surface area contributed by atoms with E-state index in [0.717, 1.165) is 78.6 Å². The number of anilines is 6. The predicted molar refractivity (Wildman–Crippen MR) is 242 cm³/mol. The minimum atomic E-state index is 0.616. The van der Waals surface area contributed by atoms with Crippen LogP contribution in [0.2, 0.25) is 0 Å². The maximum Gasteiger partial charge on any atom is 0.0992 e. The van der Waals surface area contributed by atoms with Crippen LogP contribution >= 0.6 is 0 Å². The third kappa shape index (κ3) is 7.39. The molecule has 9 aromatic rings. The number of hydrogen-bond acceptors (Lipinski definition) is 3. The second-order valence-corrected chi connectivity index (χ2v) is 14.1. The summed E-state index contributed by atoms with van der Waals surface area (Å²) >= 11 is 0. The van der Waals surface area contributed by atoms with Crippen LogP contribution in [0.1, 0.15) is 5.56 Å². The molecule has 9 rings (SSSR count). The molecule has 0 saturated heterocycles. The highest BCUT2D eigenvalue weighted by molar-refractivity contribution is 5.91. The fourth-order valence-corrected chi connectivity index (χ4v) is 7.76. The van der Waals surface area contributed by atoms with Gasteiger partial charge in [-0.15, -0.1) is 0 Å². The van der Waals surface area contributed by atoms with Crippen LogP contribution in [0.15, 0.2) is 237 Å². The van der Waals surface area contributed by atoms with E-state index in [1.165, 1.54) is 0 Å². The van der Waals surface area contributed by atoms with Gasteiger partial charge < -0.3 is 9.80 Å². The first kappa shape index (κ1) is 35.8. The molecule has 0 aliphatic carbocycles. The van der Waals surface area contributed by atoms with Gasteiger partial charge in [-0.1, -0.05) is 146 Å². The summed E-state index contributed by atoms with van der Waals surface area (Å²) in [5.74, 6) is 0. The molecule has 9 aromatic carbocycles. The Bertz CT molecular complexity index is 2540. The normalized spacial score (nSPS) is 10.7. The van der Waals surface area contributed by atoms with Gasteiger partial charge in [-0.3, -0.25) is 0 Å². The maximum atomic E-state index is 10.3. The van der Waals surface area contributed by atoms with Crippen LogP contribution in [0.25, 0.3) is 44.5 Å². The largest absolute Gasteiger partial charge is 0.311 e. The summed E-state index contributed by atoms with van der Waals surface area (Å²) in [6.45, 7) is 0. The molecule has 0 atom stereocenters. The molecule has 0 aromatic heterocycles. The third-order valence-electron chi connectivity index (χ3n) is 10.5. The van der Waals surface area contributed by atoms with E-state index in [0.29, 0.717) is 5.56 Å². The van der Waals surface area contributed by atoms with Crippen LogP contribution in [0.5, 0.6) is 0 Å². The molecule has 0 amide bonds. The Balaban J connectivity index is 1.07. The van der Waals surface area contributed by atoms with Gasteiger partial charge in [0.1, 0.15) is 0 Å². The lowest BCUT2D eigenvalue weighted by atomic mass is 9.89. The topological polar surface area (TPSA) is 30.3 Å². The summed E-state index contributed by atoms with van der Waals surface area (Å²) < 4.78 is 0. The Morgan fingerprint density at radius 3 is 0.810 bits per heavy atom. The molecule has 0 unspecified atom stereocenters. The second kappa shape index (κ2) is 16.4. The SMILES string of the molecule is N#Cc1cc(-c2ccccc2-c2ccc(N(c3ccccc3)c3ccccc3)cc2)cc(-c2ccccc2-c2ccc(N(c3ccccc3)c3ccccc3)cc2)c1. The lowest BCUT2D eigenvalue weighted by molar-refractivity contribution is 1.28. The molecule has 3 heteroatoms. The Hall–Kier alpha value is -7.93. The van der Waals surface area contributed by atoms with Crippen molar-refractivity contribution in [3.63, 3.8) is 0 Å². The van der Waals surface area contributed by atoms with Crippen LogP contribution in [0.3, 0.4) is 0 Å². The van der Waals surface area contributed by atoms with Crippen LogP contribution in [0.4, 0.5) is 34.1 Å². The molecule has 0 bridgehead atoms. The highest BCUT2D eigenvalue weighted by atomic mass is 15.1. The number of benzene rings is 9. The van der Waals surface area contributed by atoms with E-state index in [4.69, 9.17) is 0 Å². The minimum Gasteiger partial charge on any atom is -0.311 e. The predicted octanol–water partition coefficient (Wildman–Crippen LogP) is 15.2. The van der Waals surface area contributed by atoms with E-state index in [1.54, 1.807) is 0 Å². The highest BCUT2D eigenvalue weighted by Crippen LogP contribution is 2.41. The third-order valence-corrected chi connectivity index (χ3v) is 10.5. The lowest BCUT2D eigenvalue weighted by Gasteiger charge is -2.25. The summed E-state index contributed by atoms with van der Waals surface area (Å²) in [6.07, 6.45) is 0.